The summed E-state index contributed by atoms with van der Waals surface area (Å²) in [5, 5.41) is 4.85. The molecule has 0 aliphatic rings. The van der Waals surface area contributed by atoms with Gasteiger partial charge in [0.25, 0.3) is 0 Å². The van der Waals surface area contributed by atoms with E-state index in [-0.39, 0.29) is 24.2 Å². The number of likely N-dealkylation sites (N-methyl/N-ethyl adjacent to an activating group) is 1. The number of hydrogen-bond donors (Lipinski definition) is 3. The second-order valence-corrected chi connectivity index (χ2v) is 8.35. The fourth-order valence-corrected chi connectivity index (χ4v) is 3.46. The molecular weight excluding hydrogens is 404 g/mol. The van der Waals surface area contributed by atoms with Crippen molar-refractivity contribution in [1.82, 2.24) is 10.6 Å². The molecule has 1 rings (SSSR count). The van der Waals surface area contributed by atoms with Crippen LogP contribution in [-0.2, 0) is 30.5 Å². The third-order valence-electron chi connectivity index (χ3n) is 4.78. The summed E-state index contributed by atoms with van der Waals surface area (Å²) in [6.07, 6.45) is -0.0287. The number of benzene rings is 1. The van der Waals surface area contributed by atoms with Crippen LogP contribution in [0, 0.1) is 11.8 Å². The largest absolute Gasteiger partial charge is 0.469 e. The smallest absolute Gasteiger partial charge is 0.306 e. The Balaban J connectivity index is 2.89. The van der Waals surface area contributed by atoms with Crippen molar-refractivity contribution < 1.29 is 23.9 Å². The monoisotopic (exact) mass is 438 g/mol. The molecule has 7 nitrogen and oxygen atoms in total. The molecule has 0 saturated carbocycles. The molecule has 4 atom stereocenters. The van der Waals surface area contributed by atoms with Gasteiger partial charge in [-0.1, -0.05) is 44.2 Å². The van der Waals surface area contributed by atoms with Crippen molar-refractivity contribution in [2.75, 3.05) is 14.2 Å². The molecule has 2 N–H and O–H groups in total. The fourth-order valence-electron chi connectivity index (χ4n) is 3.05. The van der Waals surface area contributed by atoms with E-state index in [4.69, 9.17) is 9.47 Å². The van der Waals surface area contributed by atoms with Crippen LogP contribution in [0.1, 0.15) is 39.2 Å². The number of amides is 2. The van der Waals surface area contributed by atoms with E-state index in [1.165, 1.54) is 14.2 Å². The third kappa shape index (κ3) is 8.75. The fraction of sp³-hybridized carbons (Fsp3) is 0.591. The predicted molar refractivity (Wildman–Crippen MR) is 119 cm³/mol. The van der Waals surface area contributed by atoms with Crippen LogP contribution in [0.4, 0.5) is 0 Å². The quantitative estimate of drug-likeness (QED) is 0.344. The molecule has 0 saturated heterocycles. The van der Waals surface area contributed by atoms with Crippen LogP contribution in [0.2, 0.25) is 0 Å². The van der Waals surface area contributed by atoms with Crippen molar-refractivity contribution in [1.29, 1.82) is 0 Å². The summed E-state index contributed by atoms with van der Waals surface area (Å²) in [6.45, 7) is 6.03. The number of esters is 1. The lowest BCUT2D eigenvalue weighted by Crippen LogP contribution is -2.54. The minimum Gasteiger partial charge on any atom is -0.469 e. The van der Waals surface area contributed by atoms with Crippen LogP contribution < -0.4 is 10.6 Å². The lowest BCUT2D eigenvalue weighted by molar-refractivity contribution is -0.141. The molecule has 0 spiro atoms. The van der Waals surface area contributed by atoms with Gasteiger partial charge < -0.3 is 20.1 Å². The van der Waals surface area contributed by atoms with Crippen molar-refractivity contribution in [2.45, 2.75) is 57.6 Å². The van der Waals surface area contributed by atoms with E-state index < -0.39 is 29.3 Å². The number of nitrogens with one attached hydrogen (secondary N) is 2. The highest BCUT2D eigenvalue weighted by molar-refractivity contribution is 7.81. The maximum absolute atomic E-state index is 13.1. The van der Waals surface area contributed by atoms with Gasteiger partial charge in [0.1, 0.15) is 6.04 Å². The molecule has 2 amide bonds. The van der Waals surface area contributed by atoms with Crippen molar-refractivity contribution >= 4 is 30.4 Å². The maximum Gasteiger partial charge on any atom is 0.306 e. The van der Waals surface area contributed by atoms with Crippen LogP contribution in [-0.4, -0.2) is 49.3 Å². The molecule has 1 aromatic rings. The van der Waals surface area contributed by atoms with E-state index in [9.17, 15) is 14.4 Å². The van der Waals surface area contributed by atoms with Gasteiger partial charge in [0.15, 0.2) is 0 Å². The molecule has 0 aliphatic carbocycles. The van der Waals surface area contributed by atoms with Gasteiger partial charge in [-0.15, -0.1) is 0 Å². The lowest BCUT2D eigenvalue weighted by Gasteiger charge is -2.29. The summed E-state index contributed by atoms with van der Waals surface area (Å²) >= 11 is 4.48. The van der Waals surface area contributed by atoms with Crippen molar-refractivity contribution in [3.05, 3.63) is 35.9 Å². The normalized spacial score (nSPS) is 15.0. The predicted octanol–water partition coefficient (Wildman–Crippen LogP) is 2.35. The highest BCUT2D eigenvalue weighted by Gasteiger charge is 2.33. The van der Waals surface area contributed by atoms with Gasteiger partial charge in [0, 0.05) is 12.3 Å². The second kappa shape index (κ2) is 13.3. The van der Waals surface area contributed by atoms with Gasteiger partial charge in [-0.25, -0.2) is 0 Å². The molecular formula is C22H34N2O5S. The zero-order valence-corrected chi connectivity index (χ0v) is 19.3. The summed E-state index contributed by atoms with van der Waals surface area (Å²) in [5.74, 6) is -1.47. The number of carbonyl (C=O) groups is 3. The van der Waals surface area contributed by atoms with Crippen LogP contribution >= 0.6 is 12.6 Å². The number of thiol groups is 1. The Morgan fingerprint density at radius 1 is 1.07 bits per heavy atom. The Hall–Kier alpha value is -2.06. The van der Waals surface area contributed by atoms with E-state index in [1.807, 2.05) is 44.2 Å². The van der Waals surface area contributed by atoms with Gasteiger partial charge >= 0.3 is 5.97 Å². The number of methoxy groups -OCH3 is 1. The minimum absolute atomic E-state index is 0.00905. The van der Waals surface area contributed by atoms with E-state index >= 15 is 0 Å². The highest BCUT2D eigenvalue weighted by Crippen LogP contribution is 2.23. The second-order valence-electron chi connectivity index (χ2n) is 7.69. The molecule has 30 heavy (non-hydrogen) atoms. The number of ether oxygens (including phenoxy) is 2. The Morgan fingerprint density at radius 2 is 1.70 bits per heavy atom. The van der Waals surface area contributed by atoms with Crippen LogP contribution in [0.5, 0.6) is 0 Å². The topological polar surface area (TPSA) is 93.7 Å². The first kappa shape index (κ1) is 26.0. The maximum atomic E-state index is 13.1. The molecule has 3 unspecified atom stereocenters. The van der Waals surface area contributed by atoms with E-state index in [2.05, 4.69) is 23.3 Å². The number of rotatable bonds is 12. The summed E-state index contributed by atoms with van der Waals surface area (Å²) in [5.41, 5.74) is 0.970. The Kier molecular flexibility index (Phi) is 11.5. The highest BCUT2D eigenvalue weighted by atomic mass is 32.1. The van der Waals surface area contributed by atoms with Crippen LogP contribution in [0.3, 0.4) is 0 Å². The average Bonchev–Trinajstić information content (AvgIpc) is 2.73. The summed E-state index contributed by atoms with van der Waals surface area (Å²) in [7, 11) is 2.81. The third-order valence-corrected chi connectivity index (χ3v) is 5.32. The molecule has 0 heterocycles. The first-order valence-corrected chi connectivity index (χ1v) is 10.6. The molecule has 0 aliphatic heterocycles. The van der Waals surface area contributed by atoms with Gasteiger partial charge in [-0.05, 0) is 24.8 Å². The molecule has 0 radical (unpaired) electrons. The standard InChI is InChI=1S/C22H34N2O5S/c1-14(2)11-17(18(30)12-19(25)28-5)21(26)24-20(22(27)23-4)15(3)29-13-16-9-7-6-8-10-16/h6-10,14-15,17-18,20,30H,11-13H2,1-5H3,(H,23,27)(H,24,26)/t15?,17?,18?,20-/m0/s1. The number of hydrogen-bond acceptors (Lipinski definition) is 6. The first-order chi connectivity index (χ1) is 14.2. The van der Waals surface area contributed by atoms with E-state index in [0.717, 1.165) is 5.56 Å². The molecule has 0 aromatic heterocycles. The summed E-state index contributed by atoms with van der Waals surface area (Å²) in [4.78, 5) is 37.1. The van der Waals surface area contributed by atoms with Crippen molar-refractivity contribution in [3.63, 3.8) is 0 Å². The molecule has 168 valence electrons. The SMILES string of the molecule is CNC(=O)[C@@H](NC(=O)C(CC(C)C)C(S)CC(=O)OC)C(C)OCc1ccccc1. The van der Waals surface area contributed by atoms with Gasteiger partial charge in [0.2, 0.25) is 11.8 Å². The lowest BCUT2D eigenvalue weighted by atomic mass is 9.91. The average molecular weight is 439 g/mol. The molecule has 8 heteroatoms. The Labute approximate surface area is 184 Å². The van der Waals surface area contributed by atoms with E-state index in [1.54, 1.807) is 6.92 Å². The Bertz CT molecular complexity index is 683. The van der Waals surface area contributed by atoms with Crippen molar-refractivity contribution in [2.24, 2.45) is 11.8 Å². The molecule has 1 aromatic carbocycles. The van der Waals surface area contributed by atoms with Gasteiger partial charge in [-0.2, -0.15) is 12.6 Å². The first-order valence-electron chi connectivity index (χ1n) is 10.1. The zero-order valence-electron chi connectivity index (χ0n) is 18.4. The van der Waals surface area contributed by atoms with Gasteiger partial charge in [0.05, 0.1) is 32.2 Å². The molecule has 0 fully saturated rings. The molecule has 0 bridgehead atoms. The minimum atomic E-state index is -0.875. The van der Waals surface area contributed by atoms with Crippen molar-refractivity contribution in [3.8, 4) is 0 Å². The van der Waals surface area contributed by atoms with Gasteiger partial charge in [-0.3, -0.25) is 14.4 Å². The number of carbonyl (C=O) groups excluding carboxylic acids is 3. The van der Waals surface area contributed by atoms with E-state index in [0.29, 0.717) is 13.0 Å². The summed E-state index contributed by atoms with van der Waals surface area (Å²) < 4.78 is 10.5. The zero-order chi connectivity index (χ0) is 22.7. The Morgan fingerprint density at radius 3 is 2.23 bits per heavy atom. The van der Waals surface area contributed by atoms with Crippen LogP contribution in [0.25, 0.3) is 0 Å². The summed E-state index contributed by atoms with van der Waals surface area (Å²) in [6, 6.07) is 8.71. The van der Waals surface area contributed by atoms with Crippen LogP contribution in [0.15, 0.2) is 30.3 Å².